The lowest BCUT2D eigenvalue weighted by Gasteiger charge is -2.27. The van der Waals surface area contributed by atoms with Gasteiger partial charge < -0.3 is 10.5 Å². The summed E-state index contributed by atoms with van der Waals surface area (Å²) in [4.78, 5) is 0. The molecule has 70 valence electrons. The standard InChI is InChI=1S/C10H19NO/c1-2-3-4-10(11)9-5-7-12-8-6-9/h2,9-10H,1,3-8,11H2. The SMILES string of the molecule is C=CCCC(N)C1CCOCC1. The van der Waals surface area contributed by atoms with Gasteiger partial charge in [0.2, 0.25) is 0 Å². The lowest BCUT2D eigenvalue weighted by molar-refractivity contribution is 0.0576. The van der Waals surface area contributed by atoms with Crippen LogP contribution in [0.5, 0.6) is 0 Å². The molecule has 0 aromatic carbocycles. The normalized spacial score (nSPS) is 22.1. The van der Waals surface area contributed by atoms with Crippen LogP contribution in [-0.2, 0) is 4.74 Å². The molecule has 1 unspecified atom stereocenters. The zero-order valence-corrected chi connectivity index (χ0v) is 7.67. The number of nitrogens with two attached hydrogens (primary N) is 1. The van der Waals surface area contributed by atoms with Gasteiger partial charge in [0.1, 0.15) is 0 Å². The van der Waals surface area contributed by atoms with Crippen molar-refractivity contribution in [1.82, 2.24) is 0 Å². The lowest BCUT2D eigenvalue weighted by atomic mass is 9.90. The third kappa shape index (κ3) is 2.95. The highest BCUT2D eigenvalue weighted by atomic mass is 16.5. The largest absolute Gasteiger partial charge is 0.381 e. The van der Waals surface area contributed by atoms with Crippen LogP contribution in [0, 0.1) is 5.92 Å². The van der Waals surface area contributed by atoms with Crippen LogP contribution in [0.1, 0.15) is 25.7 Å². The lowest BCUT2D eigenvalue weighted by Crippen LogP contribution is -2.34. The van der Waals surface area contributed by atoms with Crippen molar-refractivity contribution in [2.24, 2.45) is 11.7 Å². The summed E-state index contributed by atoms with van der Waals surface area (Å²) in [5.41, 5.74) is 6.03. The Labute approximate surface area is 74.8 Å². The Hall–Kier alpha value is -0.340. The average molecular weight is 169 g/mol. The van der Waals surface area contributed by atoms with Crippen molar-refractivity contribution in [3.63, 3.8) is 0 Å². The zero-order chi connectivity index (χ0) is 8.81. The fraction of sp³-hybridized carbons (Fsp3) is 0.800. The number of allylic oxidation sites excluding steroid dienone is 1. The van der Waals surface area contributed by atoms with E-state index in [2.05, 4.69) is 6.58 Å². The second kappa shape index (κ2) is 5.33. The van der Waals surface area contributed by atoms with E-state index in [4.69, 9.17) is 10.5 Å². The summed E-state index contributed by atoms with van der Waals surface area (Å²) in [6, 6.07) is 0.354. The second-order valence-electron chi connectivity index (χ2n) is 3.48. The van der Waals surface area contributed by atoms with Crippen molar-refractivity contribution in [2.45, 2.75) is 31.7 Å². The molecule has 1 heterocycles. The van der Waals surface area contributed by atoms with Crippen LogP contribution in [0.3, 0.4) is 0 Å². The Balaban J connectivity index is 2.19. The minimum Gasteiger partial charge on any atom is -0.381 e. The Bertz CT molecular complexity index is 130. The van der Waals surface area contributed by atoms with Gasteiger partial charge >= 0.3 is 0 Å². The predicted molar refractivity (Wildman–Crippen MR) is 50.9 cm³/mol. The maximum atomic E-state index is 6.03. The zero-order valence-electron chi connectivity index (χ0n) is 7.67. The highest BCUT2D eigenvalue weighted by Gasteiger charge is 2.19. The molecule has 0 bridgehead atoms. The monoisotopic (exact) mass is 169 g/mol. The molecule has 0 aromatic rings. The maximum Gasteiger partial charge on any atom is 0.0469 e. The molecule has 1 atom stereocenters. The molecule has 0 radical (unpaired) electrons. The highest BCUT2D eigenvalue weighted by Crippen LogP contribution is 2.19. The number of ether oxygens (including phenoxy) is 1. The topological polar surface area (TPSA) is 35.2 Å². The summed E-state index contributed by atoms with van der Waals surface area (Å²) in [7, 11) is 0. The van der Waals surface area contributed by atoms with Crippen molar-refractivity contribution in [3.05, 3.63) is 12.7 Å². The minimum atomic E-state index is 0.354. The molecule has 1 aliphatic rings. The first-order valence-electron chi connectivity index (χ1n) is 4.79. The molecule has 0 amide bonds. The molecule has 2 heteroatoms. The van der Waals surface area contributed by atoms with Gasteiger partial charge in [-0.05, 0) is 31.6 Å². The van der Waals surface area contributed by atoms with Crippen LogP contribution in [0.15, 0.2) is 12.7 Å². The highest BCUT2D eigenvalue weighted by molar-refractivity contribution is 4.78. The van der Waals surface area contributed by atoms with Gasteiger partial charge in [-0.3, -0.25) is 0 Å². The first-order chi connectivity index (χ1) is 5.84. The molecule has 0 spiro atoms. The van der Waals surface area contributed by atoms with E-state index < -0.39 is 0 Å². The van der Waals surface area contributed by atoms with E-state index in [9.17, 15) is 0 Å². The number of hydrogen-bond acceptors (Lipinski definition) is 2. The summed E-state index contributed by atoms with van der Waals surface area (Å²) in [6.45, 7) is 5.49. The number of hydrogen-bond donors (Lipinski definition) is 1. The van der Waals surface area contributed by atoms with Crippen molar-refractivity contribution in [3.8, 4) is 0 Å². The molecule has 0 saturated carbocycles. The van der Waals surface area contributed by atoms with E-state index in [1.165, 1.54) is 0 Å². The smallest absolute Gasteiger partial charge is 0.0469 e. The van der Waals surface area contributed by atoms with Crippen LogP contribution in [-0.4, -0.2) is 19.3 Å². The van der Waals surface area contributed by atoms with E-state index >= 15 is 0 Å². The first-order valence-corrected chi connectivity index (χ1v) is 4.79. The van der Waals surface area contributed by atoms with Crippen LogP contribution in [0.25, 0.3) is 0 Å². The van der Waals surface area contributed by atoms with E-state index in [-0.39, 0.29) is 0 Å². The molecule has 1 aliphatic heterocycles. The van der Waals surface area contributed by atoms with Crippen LogP contribution in [0.4, 0.5) is 0 Å². The Morgan fingerprint density at radius 3 is 2.75 bits per heavy atom. The van der Waals surface area contributed by atoms with Gasteiger partial charge in [-0.25, -0.2) is 0 Å². The van der Waals surface area contributed by atoms with E-state index in [0.29, 0.717) is 12.0 Å². The van der Waals surface area contributed by atoms with Gasteiger partial charge in [0.05, 0.1) is 0 Å². The van der Waals surface area contributed by atoms with E-state index in [1.807, 2.05) is 6.08 Å². The molecule has 0 aliphatic carbocycles. The Kier molecular flexibility index (Phi) is 4.33. The molecule has 1 saturated heterocycles. The average Bonchev–Trinajstić information content (AvgIpc) is 2.15. The van der Waals surface area contributed by atoms with E-state index in [0.717, 1.165) is 38.9 Å². The van der Waals surface area contributed by atoms with Gasteiger partial charge in [0.15, 0.2) is 0 Å². The van der Waals surface area contributed by atoms with Crippen LogP contribution < -0.4 is 5.73 Å². The van der Waals surface area contributed by atoms with Crippen molar-refractivity contribution >= 4 is 0 Å². The second-order valence-corrected chi connectivity index (χ2v) is 3.48. The Morgan fingerprint density at radius 1 is 1.50 bits per heavy atom. The maximum absolute atomic E-state index is 6.03. The molecule has 0 aromatic heterocycles. The summed E-state index contributed by atoms with van der Waals surface area (Å²) in [5.74, 6) is 0.679. The molecule has 1 rings (SSSR count). The van der Waals surface area contributed by atoms with Crippen LogP contribution >= 0.6 is 0 Å². The van der Waals surface area contributed by atoms with Crippen LogP contribution in [0.2, 0.25) is 0 Å². The van der Waals surface area contributed by atoms with E-state index in [1.54, 1.807) is 0 Å². The minimum absolute atomic E-state index is 0.354. The van der Waals surface area contributed by atoms with Gasteiger partial charge in [-0.1, -0.05) is 6.08 Å². The van der Waals surface area contributed by atoms with Crippen molar-refractivity contribution in [2.75, 3.05) is 13.2 Å². The molecule has 12 heavy (non-hydrogen) atoms. The Morgan fingerprint density at radius 2 is 2.17 bits per heavy atom. The quantitative estimate of drug-likeness (QED) is 0.650. The van der Waals surface area contributed by atoms with Gasteiger partial charge in [0, 0.05) is 19.3 Å². The first kappa shape index (κ1) is 9.75. The predicted octanol–water partition coefficient (Wildman–Crippen LogP) is 1.71. The summed E-state index contributed by atoms with van der Waals surface area (Å²) in [5, 5.41) is 0. The third-order valence-electron chi connectivity index (χ3n) is 2.58. The fourth-order valence-corrected chi connectivity index (χ4v) is 1.69. The number of rotatable bonds is 4. The van der Waals surface area contributed by atoms with Crippen molar-refractivity contribution < 1.29 is 4.74 Å². The molecular weight excluding hydrogens is 150 g/mol. The van der Waals surface area contributed by atoms with Gasteiger partial charge in [-0.2, -0.15) is 0 Å². The van der Waals surface area contributed by atoms with Gasteiger partial charge in [-0.15, -0.1) is 6.58 Å². The summed E-state index contributed by atoms with van der Waals surface area (Å²) >= 11 is 0. The molecule has 1 fully saturated rings. The summed E-state index contributed by atoms with van der Waals surface area (Å²) in [6.07, 6.45) is 6.34. The fourth-order valence-electron chi connectivity index (χ4n) is 1.69. The summed E-state index contributed by atoms with van der Waals surface area (Å²) < 4.78 is 5.28. The molecular formula is C10H19NO. The van der Waals surface area contributed by atoms with Crippen molar-refractivity contribution in [1.29, 1.82) is 0 Å². The molecule has 2 N–H and O–H groups in total. The third-order valence-corrected chi connectivity index (χ3v) is 2.58. The van der Waals surface area contributed by atoms with Gasteiger partial charge in [0.25, 0.3) is 0 Å². The molecule has 2 nitrogen and oxygen atoms in total.